The third-order valence-electron chi connectivity index (χ3n) is 4.80. The van der Waals surface area contributed by atoms with Crippen LogP contribution in [-0.4, -0.2) is 27.5 Å². The predicted molar refractivity (Wildman–Crippen MR) is 95.6 cm³/mol. The van der Waals surface area contributed by atoms with Crippen LogP contribution in [0.2, 0.25) is 0 Å². The first kappa shape index (κ1) is 15.6. The lowest BCUT2D eigenvalue weighted by Crippen LogP contribution is -2.47. The third kappa shape index (κ3) is 2.51. The molecule has 2 aliphatic heterocycles. The molecule has 1 aromatic rings. The standard InChI is InChI=1S/C19H20N2O2S/c1-19(2)10-13-16(14(22)11-19)17(12-6-4-3-5-7-12)21-15(23)8-9-24-18(21)20-13/h3-7,17H,8-11H2,1-2H3/t17-/m1/s1. The molecule has 0 aromatic heterocycles. The highest BCUT2D eigenvalue weighted by Crippen LogP contribution is 2.47. The van der Waals surface area contributed by atoms with E-state index in [9.17, 15) is 9.59 Å². The molecule has 1 aromatic carbocycles. The number of hydrogen-bond donors (Lipinski definition) is 0. The van der Waals surface area contributed by atoms with Crippen molar-refractivity contribution in [2.75, 3.05) is 5.75 Å². The first-order valence-corrected chi connectivity index (χ1v) is 9.30. The Kier molecular flexibility index (Phi) is 3.64. The van der Waals surface area contributed by atoms with Crippen LogP contribution in [-0.2, 0) is 9.59 Å². The van der Waals surface area contributed by atoms with E-state index < -0.39 is 0 Å². The van der Waals surface area contributed by atoms with Crippen LogP contribution < -0.4 is 0 Å². The highest BCUT2D eigenvalue weighted by Gasteiger charge is 2.45. The quantitative estimate of drug-likeness (QED) is 0.783. The summed E-state index contributed by atoms with van der Waals surface area (Å²) in [4.78, 5) is 32.0. The molecule has 0 saturated carbocycles. The number of amidine groups is 1. The fourth-order valence-electron chi connectivity index (χ4n) is 3.77. The Hall–Kier alpha value is -1.88. The van der Waals surface area contributed by atoms with E-state index in [0.717, 1.165) is 34.2 Å². The van der Waals surface area contributed by atoms with Gasteiger partial charge in [0.1, 0.15) is 0 Å². The molecule has 1 atom stereocenters. The van der Waals surface area contributed by atoms with E-state index in [1.54, 1.807) is 16.7 Å². The van der Waals surface area contributed by atoms with Crippen molar-refractivity contribution < 1.29 is 9.59 Å². The Morgan fingerprint density at radius 1 is 1.17 bits per heavy atom. The van der Waals surface area contributed by atoms with Crippen molar-refractivity contribution in [2.24, 2.45) is 10.4 Å². The zero-order chi connectivity index (χ0) is 16.9. The number of amides is 1. The van der Waals surface area contributed by atoms with Crippen LogP contribution in [0.4, 0.5) is 0 Å². The normalized spacial score (nSPS) is 26.0. The number of Topliss-reactive ketones (excluding diaryl/α,β-unsaturated/α-hetero) is 1. The predicted octanol–water partition coefficient (Wildman–Crippen LogP) is 3.71. The summed E-state index contributed by atoms with van der Waals surface area (Å²) in [5.41, 5.74) is 2.51. The first-order valence-electron chi connectivity index (χ1n) is 8.31. The molecule has 1 aliphatic carbocycles. The van der Waals surface area contributed by atoms with Crippen LogP contribution in [0.25, 0.3) is 0 Å². The third-order valence-corrected chi connectivity index (χ3v) is 5.75. The molecule has 4 nitrogen and oxygen atoms in total. The lowest BCUT2D eigenvalue weighted by Gasteiger charge is -2.43. The zero-order valence-electron chi connectivity index (χ0n) is 13.9. The number of hydrogen-bond acceptors (Lipinski definition) is 4. The van der Waals surface area contributed by atoms with Crippen molar-refractivity contribution in [3.63, 3.8) is 0 Å². The van der Waals surface area contributed by atoms with E-state index in [4.69, 9.17) is 4.99 Å². The van der Waals surface area contributed by atoms with Gasteiger partial charge in [0.25, 0.3) is 0 Å². The minimum absolute atomic E-state index is 0.0607. The Balaban J connectivity index is 1.90. The van der Waals surface area contributed by atoms with E-state index in [2.05, 4.69) is 13.8 Å². The summed E-state index contributed by atoms with van der Waals surface area (Å²) in [6.45, 7) is 4.22. The van der Waals surface area contributed by atoms with Gasteiger partial charge in [0.05, 0.1) is 11.7 Å². The molecule has 0 N–H and O–H groups in total. The second-order valence-corrected chi connectivity index (χ2v) is 8.43. The number of fused-ring (bicyclic) bond motifs is 1. The largest absolute Gasteiger partial charge is 0.294 e. The van der Waals surface area contributed by atoms with Crippen LogP contribution in [0, 0.1) is 5.41 Å². The lowest BCUT2D eigenvalue weighted by atomic mass is 9.73. The van der Waals surface area contributed by atoms with Gasteiger partial charge in [0.2, 0.25) is 5.91 Å². The van der Waals surface area contributed by atoms with Gasteiger partial charge in [-0.15, -0.1) is 0 Å². The summed E-state index contributed by atoms with van der Waals surface area (Å²) in [6, 6.07) is 9.54. The number of nitrogens with zero attached hydrogens (tertiary/aromatic N) is 2. The number of rotatable bonds is 1. The van der Waals surface area contributed by atoms with Gasteiger partial charge in [-0.25, -0.2) is 4.99 Å². The fourth-order valence-corrected chi connectivity index (χ4v) is 4.75. The molecule has 124 valence electrons. The fraction of sp³-hybridized carbons (Fsp3) is 0.421. The number of allylic oxidation sites excluding steroid dienone is 1. The molecule has 4 rings (SSSR count). The van der Waals surface area contributed by atoms with Gasteiger partial charge in [-0.2, -0.15) is 0 Å². The van der Waals surface area contributed by atoms with Crippen molar-refractivity contribution in [1.82, 2.24) is 4.90 Å². The molecule has 0 bridgehead atoms. The lowest BCUT2D eigenvalue weighted by molar-refractivity contribution is -0.128. The Labute approximate surface area is 146 Å². The number of carbonyl (C=O) groups is 2. The van der Waals surface area contributed by atoms with Crippen molar-refractivity contribution in [1.29, 1.82) is 0 Å². The van der Waals surface area contributed by atoms with E-state index in [0.29, 0.717) is 12.8 Å². The summed E-state index contributed by atoms with van der Waals surface area (Å²) >= 11 is 1.62. The van der Waals surface area contributed by atoms with E-state index >= 15 is 0 Å². The second-order valence-electron chi connectivity index (χ2n) is 7.37. The van der Waals surface area contributed by atoms with Crippen molar-refractivity contribution >= 4 is 28.6 Å². The van der Waals surface area contributed by atoms with Gasteiger partial charge in [0, 0.05) is 24.2 Å². The van der Waals surface area contributed by atoms with E-state index in [1.165, 1.54) is 0 Å². The summed E-state index contributed by atoms with van der Waals surface area (Å²) in [5, 5.41) is 0.754. The molecule has 3 aliphatic rings. The summed E-state index contributed by atoms with van der Waals surface area (Å²) in [7, 11) is 0. The monoisotopic (exact) mass is 340 g/mol. The van der Waals surface area contributed by atoms with Crippen LogP contribution in [0.3, 0.4) is 0 Å². The molecule has 1 amide bonds. The summed E-state index contributed by atoms with van der Waals surface area (Å²) in [6.07, 6.45) is 1.79. The maximum Gasteiger partial charge on any atom is 0.230 e. The smallest absolute Gasteiger partial charge is 0.230 e. The molecule has 0 spiro atoms. The van der Waals surface area contributed by atoms with Crippen LogP contribution in [0.1, 0.15) is 44.7 Å². The van der Waals surface area contributed by atoms with Crippen molar-refractivity contribution in [2.45, 2.75) is 39.2 Å². The van der Waals surface area contributed by atoms with E-state index in [1.807, 2.05) is 30.3 Å². The van der Waals surface area contributed by atoms with Crippen LogP contribution in [0.15, 0.2) is 46.6 Å². The molecular formula is C19H20N2O2S. The van der Waals surface area contributed by atoms with Gasteiger partial charge in [-0.3, -0.25) is 14.5 Å². The van der Waals surface area contributed by atoms with Gasteiger partial charge in [-0.1, -0.05) is 55.9 Å². The number of thioether (sulfide) groups is 1. The topological polar surface area (TPSA) is 49.7 Å². The minimum Gasteiger partial charge on any atom is -0.294 e. The number of aliphatic imine (C=N–C) groups is 1. The molecule has 2 heterocycles. The average molecular weight is 340 g/mol. The highest BCUT2D eigenvalue weighted by molar-refractivity contribution is 8.14. The minimum atomic E-state index is -0.322. The van der Waals surface area contributed by atoms with Crippen molar-refractivity contribution in [3.05, 3.63) is 47.2 Å². The maximum absolute atomic E-state index is 12.9. The molecule has 24 heavy (non-hydrogen) atoms. The Morgan fingerprint density at radius 3 is 2.67 bits per heavy atom. The molecule has 0 radical (unpaired) electrons. The van der Waals surface area contributed by atoms with Gasteiger partial charge in [0.15, 0.2) is 11.0 Å². The highest BCUT2D eigenvalue weighted by atomic mass is 32.2. The zero-order valence-corrected chi connectivity index (χ0v) is 14.7. The average Bonchev–Trinajstić information content (AvgIpc) is 2.53. The summed E-state index contributed by atoms with van der Waals surface area (Å²) < 4.78 is 0. The van der Waals surface area contributed by atoms with Crippen LogP contribution in [0.5, 0.6) is 0 Å². The van der Waals surface area contributed by atoms with Crippen molar-refractivity contribution in [3.8, 4) is 0 Å². The molecule has 1 saturated heterocycles. The number of benzene rings is 1. The number of carbonyl (C=O) groups excluding carboxylic acids is 2. The van der Waals surface area contributed by atoms with E-state index in [-0.39, 0.29) is 23.1 Å². The number of ketones is 1. The second kappa shape index (κ2) is 5.59. The van der Waals surface area contributed by atoms with Crippen LogP contribution >= 0.6 is 11.8 Å². The molecule has 5 heteroatoms. The summed E-state index contributed by atoms with van der Waals surface area (Å²) in [5.74, 6) is 0.946. The molecular weight excluding hydrogens is 320 g/mol. The maximum atomic E-state index is 12.9. The first-order chi connectivity index (χ1) is 11.5. The SMILES string of the molecule is CC1(C)CC(=O)C2=C(C1)N=C1SCCC(=O)N1[C@@H]2c1ccccc1. The molecule has 1 fully saturated rings. The van der Waals surface area contributed by atoms with Gasteiger partial charge in [-0.05, 0) is 17.4 Å². The molecule has 0 unspecified atom stereocenters. The van der Waals surface area contributed by atoms with Gasteiger partial charge >= 0.3 is 0 Å². The Bertz CT molecular complexity index is 780. The van der Waals surface area contributed by atoms with Gasteiger partial charge < -0.3 is 0 Å². The Morgan fingerprint density at radius 2 is 1.92 bits per heavy atom.